The van der Waals surface area contributed by atoms with E-state index in [1.165, 1.54) is 0 Å². The zero-order valence-corrected chi connectivity index (χ0v) is 18.7. The summed E-state index contributed by atoms with van der Waals surface area (Å²) in [5.74, 6) is 0.539. The topological polar surface area (TPSA) is 95.0 Å². The van der Waals surface area contributed by atoms with E-state index in [0.29, 0.717) is 13.0 Å². The molecule has 0 radical (unpaired) electrons. The van der Waals surface area contributed by atoms with Crippen LogP contribution in [0.4, 0.5) is 0 Å². The van der Waals surface area contributed by atoms with Gasteiger partial charge in [-0.3, -0.25) is 14.7 Å². The fourth-order valence-corrected chi connectivity index (χ4v) is 4.55. The van der Waals surface area contributed by atoms with Gasteiger partial charge in [-0.05, 0) is 42.5 Å². The Kier molecular flexibility index (Phi) is 6.37. The normalized spacial score (nSPS) is 19.4. The van der Waals surface area contributed by atoms with Crippen LogP contribution in [-0.4, -0.2) is 64.9 Å². The number of nitrogens with zero attached hydrogens (tertiary/aromatic N) is 4. The van der Waals surface area contributed by atoms with Crippen LogP contribution in [0.15, 0.2) is 48.9 Å². The average molecular weight is 448 g/mol. The predicted octanol–water partition coefficient (Wildman–Crippen LogP) is 2.78. The Morgan fingerprint density at radius 3 is 2.76 bits per heavy atom. The number of nitrogens with two attached hydrogens (primary N) is 1. The van der Waals surface area contributed by atoms with E-state index in [0.717, 1.165) is 79.3 Å². The third-order valence-corrected chi connectivity index (χ3v) is 6.49. The van der Waals surface area contributed by atoms with Gasteiger partial charge in [-0.25, -0.2) is 4.52 Å². The van der Waals surface area contributed by atoms with Crippen molar-refractivity contribution < 1.29 is 14.3 Å². The summed E-state index contributed by atoms with van der Waals surface area (Å²) in [5.41, 5.74) is 10.6. The van der Waals surface area contributed by atoms with Gasteiger partial charge in [0.05, 0.1) is 30.6 Å². The van der Waals surface area contributed by atoms with Gasteiger partial charge in [0, 0.05) is 43.5 Å². The molecule has 0 spiro atoms. The van der Waals surface area contributed by atoms with Gasteiger partial charge in [-0.1, -0.05) is 18.2 Å². The summed E-state index contributed by atoms with van der Waals surface area (Å²) in [6, 6.07) is 8.14. The number of fused-ring (bicyclic) bond motifs is 1. The second-order valence-electron chi connectivity index (χ2n) is 8.56. The van der Waals surface area contributed by atoms with Crippen LogP contribution in [0, 0.1) is 5.92 Å². The lowest BCUT2D eigenvalue weighted by Crippen LogP contribution is -2.38. The first kappa shape index (κ1) is 21.6. The highest BCUT2D eigenvalue weighted by atomic mass is 16.5. The molecule has 1 unspecified atom stereocenters. The van der Waals surface area contributed by atoms with Crippen LogP contribution in [-0.2, 0) is 9.53 Å². The molecule has 3 heterocycles. The summed E-state index contributed by atoms with van der Waals surface area (Å²) in [6.07, 6.45) is 9.80. The number of benzene rings is 1. The smallest absolute Gasteiger partial charge is 0.220 e. The van der Waals surface area contributed by atoms with Crippen molar-refractivity contribution >= 4 is 17.0 Å². The van der Waals surface area contributed by atoms with E-state index in [4.69, 9.17) is 15.2 Å². The third-order valence-electron chi connectivity index (χ3n) is 6.49. The summed E-state index contributed by atoms with van der Waals surface area (Å²) >= 11 is 0. The maximum Gasteiger partial charge on any atom is 0.220 e. The Balaban J connectivity index is 1.33. The van der Waals surface area contributed by atoms with Crippen molar-refractivity contribution in [1.82, 2.24) is 19.5 Å². The van der Waals surface area contributed by atoms with E-state index in [1.54, 1.807) is 6.20 Å². The largest absolute Gasteiger partial charge is 0.492 e. The molecule has 1 aliphatic carbocycles. The highest BCUT2D eigenvalue weighted by Gasteiger charge is 2.23. The van der Waals surface area contributed by atoms with Crippen LogP contribution < -0.4 is 10.5 Å². The Morgan fingerprint density at radius 2 is 2.03 bits per heavy atom. The van der Waals surface area contributed by atoms with E-state index >= 15 is 0 Å². The quantitative estimate of drug-likeness (QED) is 0.599. The highest BCUT2D eigenvalue weighted by Crippen LogP contribution is 2.35. The van der Waals surface area contributed by atoms with Crippen molar-refractivity contribution in [2.24, 2.45) is 11.7 Å². The minimum absolute atomic E-state index is 0.0892. The molecule has 1 aliphatic heterocycles. The first-order chi connectivity index (χ1) is 16.2. The number of amides is 1. The number of aromatic nitrogens is 3. The number of carbonyl (C=O) groups excluding carboxylic acids is 1. The Hall–Kier alpha value is -3.23. The van der Waals surface area contributed by atoms with Crippen molar-refractivity contribution in [1.29, 1.82) is 0 Å². The van der Waals surface area contributed by atoms with Gasteiger partial charge in [0.25, 0.3) is 0 Å². The van der Waals surface area contributed by atoms with Crippen molar-refractivity contribution in [3.05, 3.63) is 54.6 Å². The maximum absolute atomic E-state index is 11.5. The molecule has 0 bridgehead atoms. The molecular formula is C25H29N5O3. The molecule has 2 aromatic heterocycles. The van der Waals surface area contributed by atoms with Crippen LogP contribution in [0.25, 0.3) is 22.2 Å². The first-order valence-electron chi connectivity index (χ1n) is 11.5. The standard InChI is InChI=1S/C25H29N5O3/c26-25(31)20-3-1-19(2-4-20)23-24-22(17-28-30(24)10-9-27-23)18-5-7-21(8-6-18)33-16-13-29-11-14-32-15-12-29/h1,5-10,17,20H,2-4,11-16H2,(H2,26,31). The lowest BCUT2D eigenvalue weighted by molar-refractivity contribution is -0.121. The number of allylic oxidation sites excluding steroid dienone is 2. The number of hydrogen-bond acceptors (Lipinski definition) is 6. The van der Waals surface area contributed by atoms with Gasteiger partial charge in [0.2, 0.25) is 5.91 Å². The average Bonchev–Trinajstić information content (AvgIpc) is 3.30. The van der Waals surface area contributed by atoms with Crippen LogP contribution in [0.2, 0.25) is 0 Å². The van der Waals surface area contributed by atoms with E-state index in [1.807, 2.05) is 29.0 Å². The number of ether oxygens (including phenoxy) is 2. The fraction of sp³-hybridized carbons (Fsp3) is 0.400. The SMILES string of the molecule is NC(=O)C1CC=C(c2nccn3ncc(-c4ccc(OCCN5CCOCC5)cc4)c23)CC1. The summed E-state index contributed by atoms with van der Waals surface area (Å²) in [4.78, 5) is 18.6. The lowest BCUT2D eigenvalue weighted by atomic mass is 9.87. The van der Waals surface area contributed by atoms with Crippen LogP contribution >= 0.6 is 0 Å². The molecule has 1 fully saturated rings. The van der Waals surface area contributed by atoms with Crippen molar-refractivity contribution in [2.45, 2.75) is 19.3 Å². The zero-order chi connectivity index (χ0) is 22.6. The number of rotatable bonds is 7. The molecule has 5 rings (SSSR count). The Morgan fingerprint density at radius 1 is 1.21 bits per heavy atom. The van der Waals surface area contributed by atoms with Crippen molar-refractivity contribution in [3.8, 4) is 16.9 Å². The first-order valence-corrected chi connectivity index (χ1v) is 11.5. The Bertz CT molecular complexity index is 1150. The Labute approximate surface area is 193 Å². The maximum atomic E-state index is 11.5. The molecule has 8 heteroatoms. The van der Waals surface area contributed by atoms with Gasteiger partial charge < -0.3 is 15.2 Å². The monoisotopic (exact) mass is 447 g/mol. The second-order valence-corrected chi connectivity index (χ2v) is 8.56. The van der Waals surface area contributed by atoms with Crippen LogP contribution in [0.5, 0.6) is 5.75 Å². The zero-order valence-electron chi connectivity index (χ0n) is 18.7. The minimum atomic E-state index is -0.228. The van der Waals surface area contributed by atoms with Gasteiger partial charge >= 0.3 is 0 Å². The van der Waals surface area contributed by atoms with E-state index in [2.05, 4.69) is 33.2 Å². The molecule has 0 saturated carbocycles. The molecule has 1 atom stereocenters. The molecule has 1 amide bonds. The van der Waals surface area contributed by atoms with Gasteiger partial charge in [-0.2, -0.15) is 5.10 Å². The summed E-state index contributed by atoms with van der Waals surface area (Å²) < 4.78 is 13.2. The molecule has 172 valence electrons. The molecule has 1 saturated heterocycles. The minimum Gasteiger partial charge on any atom is -0.492 e. The van der Waals surface area contributed by atoms with Crippen molar-refractivity contribution in [2.75, 3.05) is 39.5 Å². The molecule has 2 aliphatic rings. The summed E-state index contributed by atoms with van der Waals surface area (Å²) in [7, 11) is 0. The lowest BCUT2D eigenvalue weighted by Gasteiger charge is -2.26. The van der Waals surface area contributed by atoms with Crippen molar-refractivity contribution in [3.63, 3.8) is 0 Å². The fourth-order valence-electron chi connectivity index (χ4n) is 4.55. The number of hydrogen-bond donors (Lipinski definition) is 1. The van der Waals surface area contributed by atoms with E-state index in [-0.39, 0.29) is 11.8 Å². The summed E-state index contributed by atoms with van der Waals surface area (Å²) in [6.45, 7) is 5.09. The third kappa shape index (κ3) is 4.77. The van der Waals surface area contributed by atoms with E-state index < -0.39 is 0 Å². The predicted molar refractivity (Wildman–Crippen MR) is 126 cm³/mol. The number of morpholine rings is 1. The van der Waals surface area contributed by atoms with Crippen LogP contribution in [0.3, 0.4) is 0 Å². The molecule has 3 aromatic rings. The molecule has 33 heavy (non-hydrogen) atoms. The molecule has 1 aromatic carbocycles. The second kappa shape index (κ2) is 9.72. The van der Waals surface area contributed by atoms with E-state index in [9.17, 15) is 4.79 Å². The number of carbonyl (C=O) groups is 1. The number of primary amides is 1. The molecule has 8 nitrogen and oxygen atoms in total. The molecule has 2 N–H and O–H groups in total. The van der Waals surface area contributed by atoms with Crippen LogP contribution in [0.1, 0.15) is 25.0 Å². The van der Waals surface area contributed by atoms with Gasteiger partial charge in [0.15, 0.2) is 0 Å². The molecular weight excluding hydrogens is 418 g/mol. The highest BCUT2D eigenvalue weighted by molar-refractivity contribution is 5.89. The van der Waals surface area contributed by atoms with Gasteiger partial charge in [-0.15, -0.1) is 0 Å². The summed E-state index contributed by atoms with van der Waals surface area (Å²) in [5, 5.41) is 4.55. The van der Waals surface area contributed by atoms with Gasteiger partial charge in [0.1, 0.15) is 12.4 Å².